The van der Waals surface area contributed by atoms with E-state index in [1.165, 1.54) is 23.4 Å². The van der Waals surface area contributed by atoms with E-state index in [1.54, 1.807) is 11.3 Å². The van der Waals surface area contributed by atoms with Gasteiger partial charge in [0.25, 0.3) is 0 Å². The molecule has 1 fully saturated rings. The molecule has 1 aromatic carbocycles. The summed E-state index contributed by atoms with van der Waals surface area (Å²) in [5.41, 5.74) is 1.24. The molecule has 1 aliphatic rings. The van der Waals surface area contributed by atoms with Crippen LogP contribution in [0.1, 0.15) is 29.5 Å². The molecule has 4 nitrogen and oxygen atoms in total. The first kappa shape index (κ1) is 14.5. The van der Waals surface area contributed by atoms with Crippen molar-refractivity contribution in [2.75, 3.05) is 19.8 Å². The van der Waals surface area contributed by atoms with Gasteiger partial charge >= 0.3 is 0 Å². The van der Waals surface area contributed by atoms with Crippen LogP contribution in [0, 0.1) is 0 Å². The van der Waals surface area contributed by atoms with Gasteiger partial charge in [-0.25, -0.2) is 4.98 Å². The summed E-state index contributed by atoms with van der Waals surface area (Å²) in [7, 11) is 0. The molecule has 0 amide bonds. The molecule has 1 aromatic heterocycles. The Morgan fingerprint density at radius 3 is 3.19 bits per heavy atom. The summed E-state index contributed by atoms with van der Waals surface area (Å²) in [4.78, 5) is 6.96. The van der Waals surface area contributed by atoms with Crippen molar-refractivity contribution >= 4 is 11.3 Å². The molecule has 0 spiro atoms. The Balaban J connectivity index is 1.68. The summed E-state index contributed by atoms with van der Waals surface area (Å²) in [6, 6.07) is 8.58. The Morgan fingerprint density at radius 2 is 2.38 bits per heavy atom. The number of aliphatic hydroxyl groups excluding tert-OH is 1. The third-order valence-electron chi connectivity index (χ3n) is 3.74. The average Bonchev–Trinajstić information content (AvgIpc) is 3.16. The van der Waals surface area contributed by atoms with Gasteiger partial charge in [0.15, 0.2) is 0 Å². The summed E-state index contributed by atoms with van der Waals surface area (Å²) in [5, 5.41) is 12.1. The second-order valence-corrected chi connectivity index (χ2v) is 6.14. The molecule has 1 aliphatic heterocycles. The Morgan fingerprint density at radius 1 is 1.43 bits per heavy atom. The molecule has 5 heteroatoms. The van der Waals surface area contributed by atoms with Crippen molar-refractivity contribution < 1.29 is 9.84 Å². The molecule has 21 heavy (non-hydrogen) atoms. The van der Waals surface area contributed by atoms with E-state index in [0.717, 1.165) is 18.8 Å². The molecule has 0 bridgehead atoms. The van der Waals surface area contributed by atoms with Gasteiger partial charge in [0.05, 0.1) is 12.6 Å². The van der Waals surface area contributed by atoms with Crippen LogP contribution in [0.15, 0.2) is 35.8 Å². The molecule has 1 saturated heterocycles. The second kappa shape index (κ2) is 7.02. The molecule has 1 atom stereocenters. The van der Waals surface area contributed by atoms with Crippen LogP contribution in [0.4, 0.5) is 0 Å². The number of hydrogen-bond donors (Lipinski definition) is 1. The van der Waals surface area contributed by atoms with Crippen LogP contribution in [0.5, 0.6) is 5.75 Å². The molecular weight excluding hydrogens is 284 g/mol. The Bertz CT molecular complexity index is 559. The largest absolute Gasteiger partial charge is 0.491 e. The van der Waals surface area contributed by atoms with E-state index in [4.69, 9.17) is 9.84 Å². The molecule has 0 radical (unpaired) electrons. The lowest BCUT2D eigenvalue weighted by molar-refractivity contribution is 0.201. The van der Waals surface area contributed by atoms with Crippen molar-refractivity contribution in [3.05, 3.63) is 46.4 Å². The van der Waals surface area contributed by atoms with Crippen molar-refractivity contribution in [1.82, 2.24) is 9.88 Å². The average molecular weight is 304 g/mol. The van der Waals surface area contributed by atoms with Crippen LogP contribution < -0.4 is 4.74 Å². The summed E-state index contributed by atoms with van der Waals surface area (Å²) in [6.45, 7) is 2.42. The van der Waals surface area contributed by atoms with E-state index < -0.39 is 0 Å². The van der Waals surface area contributed by atoms with Gasteiger partial charge in [0.1, 0.15) is 17.4 Å². The number of benzene rings is 1. The summed E-state index contributed by atoms with van der Waals surface area (Å²) in [5.74, 6) is 0.826. The number of hydrogen-bond acceptors (Lipinski definition) is 5. The van der Waals surface area contributed by atoms with Gasteiger partial charge in [0.2, 0.25) is 0 Å². The summed E-state index contributed by atoms with van der Waals surface area (Å²) < 4.78 is 5.48. The lowest BCUT2D eigenvalue weighted by Gasteiger charge is -2.23. The lowest BCUT2D eigenvalue weighted by atomic mass is 10.2. The predicted octanol–water partition coefficient (Wildman–Crippen LogP) is 2.85. The van der Waals surface area contributed by atoms with Crippen molar-refractivity contribution in [1.29, 1.82) is 0 Å². The minimum absolute atomic E-state index is 0.0441. The number of rotatable bonds is 6. The zero-order valence-corrected chi connectivity index (χ0v) is 12.8. The maximum atomic E-state index is 8.83. The zero-order chi connectivity index (χ0) is 14.5. The highest BCUT2D eigenvalue weighted by Crippen LogP contribution is 2.34. The molecule has 0 aliphatic carbocycles. The molecule has 1 unspecified atom stereocenters. The van der Waals surface area contributed by atoms with Gasteiger partial charge in [-0.05, 0) is 37.1 Å². The van der Waals surface area contributed by atoms with Gasteiger partial charge in [-0.3, -0.25) is 4.90 Å². The molecule has 2 heterocycles. The van der Waals surface area contributed by atoms with Crippen molar-refractivity contribution in [3.8, 4) is 5.75 Å². The van der Waals surface area contributed by atoms with Gasteiger partial charge in [-0.2, -0.15) is 0 Å². The molecule has 112 valence electrons. The highest BCUT2D eigenvalue weighted by atomic mass is 32.1. The minimum atomic E-state index is 0.0441. The normalized spacial score (nSPS) is 19.0. The molecule has 2 aromatic rings. The van der Waals surface area contributed by atoms with Crippen molar-refractivity contribution in [2.45, 2.75) is 25.4 Å². The molecule has 0 saturated carbocycles. The fraction of sp³-hybridized carbons (Fsp3) is 0.438. The Hall–Kier alpha value is -1.43. The fourth-order valence-electron chi connectivity index (χ4n) is 2.83. The number of likely N-dealkylation sites (tertiary alicyclic amines) is 1. The van der Waals surface area contributed by atoms with Crippen molar-refractivity contribution in [2.24, 2.45) is 0 Å². The maximum absolute atomic E-state index is 8.83. The highest BCUT2D eigenvalue weighted by molar-refractivity contribution is 7.09. The highest BCUT2D eigenvalue weighted by Gasteiger charge is 2.27. The SMILES string of the molecule is OCCOc1cccc(CN2CCCC2c2nccs2)c1. The smallest absolute Gasteiger partial charge is 0.119 e. The predicted molar refractivity (Wildman–Crippen MR) is 83.5 cm³/mol. The summed E-state index contributed by atoms with van der Waals surface area (Å²) >= 11 is 1.74. The first-order chi connectivity index (χ1) is 10.4. The number of aliphatic hydroxyl groups is 1. The third kappa shape index (κ3) is 3.61. The Kier molecular flexibility index (Phi) is 4.85. The van der Waals surface area contributed by atoms with E-state index in [9.17, 15) is 0 Å². The minimum Gasteiger partial charge on any atom is -0.491 e. The van der Waals surface area contributed by atoms with E-state index >= 15 is 0 Å². The first-order valence-corrected chi connectivity index (χ1v) is 8.21. The van der Waals surface area contributed by atoms with Gasteiger partial charge < -0.3 is 9.84 Å². The number of thiazole rings is 1. The van der Waals surface area contributed by atoms with Crippen LogP contribution in [-0.2, 0) is 6.54 Å². The second-order valence-electron chi connectivity index (χ2n) is 5.22. The van der Waals surface area contributed by atoms with Crippen LogP contribution in [0.3, 0.4) is 0 Å². The number of nitrogens with zero attached hydrogens (tertiary/aromatic N) is 2. The third-order valence-corrected chi connectivity index (χ3v) is 4.62. The molecular formula is C16H20N2O2S. The topological polar surface area (TPSA) is 45.6 Å². The van der Waals surface area contributed by atoms with Crippen LogP contribution in [0.2, 0.25) is 0 Å². The standard InChI is InChI=1S/C16H20N2O2S/c19-8-9-20-14-4-1-3-13(11-14)12-18-7-2-5-15(18)16-17-6-10-21-16/h1,3-4,6,10-11,15,19H,2,5,7-9,12H2. The van der Waals surface area contributed by atoms with Crippen LogP contribution in [0.25, 0.3) is 0 Å². The van der Waals surface area contributed by atoms with E-state index in [1.807, 2.05) is 18.3 Å². The molecule has 1 N–H and O–H groups in total. The fourth-order valence-corrected chi connectivity index (χ4v) is 3.63. The molecule has 3 rings (SSSR count). The number of aromatic nitrogens is 1. The number of ether oxygens (including phenoxy) is 1. The quantitative estimate of drug-likeness (QED) is 0.891. The van der Waals surface area contributed by atoms with E-state index in [0.29, 0.717) is 12.6 Å². The van der Waals surface area contributed by atoms with Gasteiger partial charge in [-0.15, -0.1) is 11.3 Å². The van der Waals surface area contributed by atoms with Crippen LogP contribution >= 0.6 is 11.3 Å². The van der Waals surface area contributed by atoms with Gasteiger partial charge in [-0.1, -0.05) is 12.1 Å². The van der Waals surface area contributed by atoms with E-state index in [2.05, 4.69) is 27.4 Å². The monoisotopic (exact) mass is 304 g/mol. The maximum Gasteiger partial charge on any atom is 0.119 e. The van der Waals surface area contributed by atoms with E-state index in [-0.39, 0.29) is 6.61 Å². The van der Waals surface area contributed by atoms with Crippen molar-refractivity contribution in [3.63, 3.8) is 0 Å². The summed E-state index contributed by atoms with van der Waals surface area (Å²) in [6.07, 6.45) is 4.30. The van der Waals surface area contributed by atoms with Gasteiger partial charge in [0, 0.05) is 18.1 Å². The first-order valence-electron chi connectivity index (χ1n) is 7.33. The zero-order valence-electron chi connectivity index (χ0n) is 11.9. The lowest BCUT2D eigenvalue weighted by Crippen LogP contribution is -2.22. The van der Waals surface area contributed by atoms with Crippen LogP contribution in [-0.4, -0.2) is 34.7 Å². The Labute approximate surface area is 129 Å².